The third-order valence-electron chi connectivity index (χ3n) is 6.10. The van der Waals surface area contributed by atoms with Gasteiger partial charge in [0, 0.05) is 58.9 Å². The number of nitrogens with zero attached hydrogens (tertiary/aromatic N) is 4. The van der Waals surface area contributed by atoms with E-state index in [9.17, 15) is 9.90 Å². The van der Waals surface area contributed by atoms with Crippen molar-refractivity contribution in [2.75, 3.05) is 77.0 Å². The Balaban J connectivity index is 1.14. The van der Waals surface area contributed by atoms with E-state index >= 15 is 0 Å². The number of piperazine rings is 2. The molecule has 0 saturated carbocycles. The first-order valence-electron chi connectivity index (χ1n) is 11.1. The van der Waals surface area contributed by atoms with E-state index in [2.05, 4.69) is 14.7 Å². The molecule has 4 rings (SSSR count). The SMILES string of the molecule is O=C(CN1CCN(c2ccccc2O)CC1)N1CCN(CCOc2ccccc2)CC1. The van der Waals surface area contributed by atoms with Crippen LogP contribution in [0.4, 0.5) is 5.69 Å². The molecule has 0 aliphatic carbocycles. The van der Waals surface area contributed by atoms with Crippen LogP contribution in [0.5, 0.6) is 11.5 Å². The minimum atomic E-state index is 0.219. The van der Waals surface area contributed by atoms with Crippen LogP contribution in [0.25, 0.3) is 0 Å². The van der Waals surface area contributed by atoms with Crippen molar-refractivity contribution in [3.05, 3.63) is 54.6 Å². The minimum absolute atomic E-state index is 0.219. The zero-order chi connectivity index (χ0) is 21.5. The van der Waals surface area contributed by atoms with Gasteiger partial charge in [-0.25, -0.2) is 0 Å². The van der Waals surface area contributed by atoms with E-state index in [4.69, 9.17) is 4.74 Å². The highest BCUT2D eigenvalue weighted by atomic mass is 16.5. The number of aromatic hydroxyl groups is 1. The zero-order valence-electron chi connectivity index (χ0n) is 18.0. The summed E-state index contributed by atoms with van der Waals surface area (Å²) in [7, 11) is 0. The van der Waals surface area contributed by atoms with Gasteiger partial charge in [-0.05, 0) is 24.3 Å². The van der Waals surface area contributed by atoms with Crippen LogP contribution >= 0.6 is 0 Å². The summed E-state index contributed by atoms with van der Waals surface area (Å²) in [5, 5.41) is 10.0. The quantitative estimate of drug-likeness (QED) is 0.731. The molecule has 2 heterocycles. The van der Waals surface area contributed by atoms with Gasteiger partial charge in [0.1, 0.15) is 18.1 Å². The average Bonchev–Trinajstić information content (AvgIpc) is 2.81. The molecular formula is C24H32N4O3. The Kier molecular flexibility index (Phi) is 7.27. The van der Waals surface area contributed by atoms with Crippen LogP contribution in [-0.4, -0.2) is 97.8 Å². The molecule has 2 aliphatic rings. The second kappa shape index (κ2) is 10.5. The highest BCUT2D eigenvalue weighted by molar-refractivity contribution is 5.78. The Labute approximate surface area is 184 Å². The maximum atomic E-state index is 12.8. The van der Waals surface area contributed by atoms with Gasteiger partial charge in [0.2, 0.25) is 5.91 Å². The number of phenolic OH excluding ortho intramolecular Hbond substituents is 1. The number of benzene rings is 2. The van der Waals surface area contributed by atoms with E-state index in [1.165, 1.54) is 0 Å². The summed E-state index contributed by atoms with van der Waals surface area (Å²) in [4.78, 5) is 21.5. The molecular weight excluding hydrogens is 392 g/mol. The van der Waals surface area contributed by atoms with E-state index in [-0.39, 0.29) is 5.91 Å². The van der Waals surface area contributed by atoms with Gasteiger partial charge >= 0.3 is 0 Å². The van der Waals surface area contributed by atoms with Crippen LogP contribution in [-0.2, 0) is 4.79 Å². The lowest BCUT2D eigenvalue weighted by molar-refractivity contribution is -0.134. The van der Waals surface area contributed by atoms with Crippen molar-refractivity contribution in [1.29, 1.82) is 0 Å². The second-order valence-electron chi connectivity index (χ2n) is 8.14. The molecule has 2 aromatic carbocycles. The zero-order valence-corrected chi connectivity index (χ0v) is 18.0. The molecule has 1 amide bonds. The van der Waals surface area contributed by atoms with Crippen LogP contribution in [0.2, 0.25) is 0 Å². The lowest BCUT2D eigenvalue weighted by Gasteiger charge is -2.38. The summed E-state index contributed by atoms with van der Waals surface area (Å²) in [6.07, 6.45) is 0. The minimum Gasteiger partial charge on any atom is -0.506 e. The van der Waals surface area contributed by atoms with Crippen molar-refractivity contribution in [2.45, 2.75) is 0 Å². The standard InChI is InChI=1S/C24H32N4O3/c29-23-9-5-4-8-22(23)27-14-12-26(13-15-27)20-24(30)28-16-10-25(11-17-28)18-19-31-21-6-2-1-3-7-21/h1-9,29H,10-20H2. The Hall–Kier alpha value is -2.77. The highest BCUT2D eigenvalue weighted by Gasteiger charge is 2.25. The molecule has 0 radical (unpaired) electrons. The summed E-state index contributed by atoms with van der Waals surface area (Å²) in [6, 6.07) is 17.3. The highest BCUT2D eigenvalue weighted by Crippen LogP contribution is 2.27. The summed E-state index contributed by atoms with van der Waals surface area (Å²) >= 11 is 0. The first kappa shape index (κ1) is 21.5. The fourth-order valence-electron chi connectivity index (χ4n) is 4.20. The predicted octanol–water partition coefficient (Wildman–Crippen LogP) is 1.74. The molecule has 0 atom stereocenters. The van der Waals surface area contributed by atoms with Crippen molar-refractivity contribution >= 4 is 11.6 Å². The molecule has 166 valence electrons. The largest absolute Gasteiger partial charge is 0.506 e. The topological polar surface area (TPSA) is 59.5 Å². The third kappa shape index (κ3) is 5.89. The summed E-state index contributed by atoms with van der Waals surface area (Å²) in [5.74, 6) is 1.44. The Morgan fingerprint density at radius 2 is 1.45 bits per heavy atom. The van der Waals surface area contributed by atoms with E-state index in [1.807, 2.05) is 53.4 Å². The number of para-hydroxylation sites is 3. The van der Waals surface area contributed by atoms with Crippen molar-refractivity contribution < 1.29 is 14.6 Å². The molecule has 7 nitrogen and oxygen atoms in total. The van der Waals surface area contributed by atoms with Gasteiger partial charge in [0.15, 0.2) is 0 Å². The van der Waals surface area contributed by atoms with Gasteiger partial charge in [-0.3, -0.25) is 14.6 Å². The number of anilines is 1. The lowest BCUT2D eigenvalue weighted by Crippen LogP contribution is -2.54. The third-order valence-corrected chi connectivity index (χ3v) is 6.10. The van der Waals surface area contributed by atoms with Crippen LogP contribution in [0, 0.1) is 0 Å². The number of carbonyl (C=O) groups is 1. The number of rotatable bonds is 7. The normalized spacial score (nSPS) is 18.2. The smallest absolute Gasteiger partial charge is 0.236 e. The maximum Gasteiger partial charge on any atom is 0.236 e. The first-order chi connectivity index (χ1) is 15.2. The molecule has 0 spiro atoms. The second-order valence-corrected chi connectivity index (χ2v) is 8.14. The summed E-state index contributed by atoms with van der Waals surface area (Å²) in [5.41, 5.74) is 0.876. The van der Waals surface area contributed by atoms with Crippen LogP contribution in [0.3, 0.4) is 0 Å². The predicted molar refractivity (Wildman–Crippen MR) is 122 cm³/mol. The number of hydrogen-bond acceptors (Lipinski definition) is 6. The number of amides is 1. The fraction of sp³-hybridized carbons (Fsp3) is 0.458. The van der Waals surface area contributed by atoms with Gasteiger partial charge < -0.3 is 19.6 Å². The Morgan fingerprint density at radius 1 is 0.806 bits per heavy atom. The number of hydrogen-bond donors (Lipinski definition) is 1. The van der Waals surface area contributed by atoms with Crippen molar-refractivity contribution in [2.24, 2.45) is 0 Å². The van der Waals surface area contributed by atoms with Crippen molar-refractivity contribution in [3.63, 3.8) is 0 Å². The van der Waals surface area contributed by atoms with E-state index < -0.39 is 0 Å². The molecule has 1 N–H and O–H groups in total. The van der Waals surface area contributed by atoms with Gasteiger partial charge in [-0.2, -0.15) is 0 Å². The molecule has 0 bridgehead atoms. The Morgan fingerprint density at radius 3 is 2.16 bits per heavy atom. The van der Waals surface area contributed by atoms with Gasteiger partial charge in [-0.1, -0.05) is 30.3 Å². The van der Waals surface area contributed by atoms with Crippen molar-refractivity contribution in [1.82, 2.24) is 14.7 Å². The van der Waals surface area contributed by atoms with Crippen LogP contribution in [0.1, 0.15) is 0 Å². The van der Waals surface area contributed by atoms with Gasteiger partial charge in [-0.15, -0.1) is 0 Å². The Bertz CT molecular complexity index is 832. The fourth-order valence-corrected chi connectivity index (χ4v) is 4.20. The van der Waals surface area contributed by atoms with Gasteiger partial charge in [0.25, 0.3) is 0 Å². The molecule has 31 heavy (non-hydrogen) atoms. The van der Waals surface area contributed by atoms with Crippen LogP contribution in [0.15, 0.2) is 54.6 Å². The molecule has 2 aliphatic heterocycles. The summed E-state index contributed by atoms with van der Waals surface area (Å²) in [6.45, 7) is 8.67. The molecule has 0 aromatic heterocycles. The molecule has 0 unspecified atom stereocenters. The molecule has 2 fully saturated rings. The van der Waals surface area contributed by atoms with E-state index in [1.54, 1.807) is 6.07 Å². The first-order valence-corrected chi connectivity index (χ1v) is 11.1. The van der Waals surface area contributed by atoms with E-state index in [0.717, 1.165) is 70.3 Å². The number of ether oxygens (including phenoxy) is 1. The van der Waals surface area contributed by atoms with Gasteiger partial charge in [0.05, 0.1) is 12.2 Å². The van der Waals surface area contributed by atoms with Crippen molar-refractivity contribution in [3.8, 4) is 11.5 Å². The average molecular weight is 425 g/mol. The molecule has 2 saturated heterocycles. The monoisotopic (exact) mass is 424 g/mol. The van der Waals surface area contributed by atoms with E-state index in [0.29, 0.717) is 18.9 Å². The molecule has 2 aromatic rings. The maximum absolute atomic E-state index is 12.8. The number of phenols is 1. The lowest BCUT2D eigenvalue weighted by atomic mass is 10.2. The number of carbonyl (C=O) groups excluding carboxylic acids is 1. The van der Waals surface area contributed by atoms with Crippen LogP contribution < -0.4 is 9.64 Å². The molecule has 7 heteroatoms. The summed E-state index contributed by atoms with van der Waals surface area (Å²) < 4.78 is 5.78.